The second-order valence-corrected chi connectivity index (χ2v) is 5.90. The van der Waals surface area contributed by atoms with Crippen LogP contribution in [0.4, 0.5) is 0 Å². The zero-order valence-electron chi connectivity index (χ0n) is 13.8. The predicted molar refractivity (Wildman–Crippen MR) is 87.6 cm³/mol. The third-order valence-corrected chi connectivity index (χ3v) is 4.16. The molecule has 0 aromatic heterocycles. The standard InChI is InChI=1S/C17H25N3O2/c1-12-6-5-7-14(8-12)9-19-17(18-3)20-10-13(2)15(11-20)16(21)22-4/h5-8,13,15H,9-11H2,1-4H3,(H,18,19). The highest BCUT2D eigenvalue weighted by Crippen LogP contribution is 2.24. The van der Waals surface area contributed by atoms with E-state index in [0.717, 1.165) is 19.0 Å². The maximum atomic E-state index is 11.8. The van der Waals surface area contributed by atoms with Crippen LogP contribution in [0, 0.1) is 18.8 Å². The molecule has 22 heavy (non-hydrogen) atoms. The van der Waals surface area contributed by atoms with E-state index in [1.165, 1.54) is 18.2 Å². The third-order valence-electron chi connectivity index (χ3n) is 4.16. The van der Waals surface area contributed by atoms with Crippen molar-refractivity contribution in [2.45, 2.75) is 20.4 Å². The summed E-state index contributed by atoms with van der Waals surface area (Å²) in [6.45, 7) is 6.35. The Morgan fingerprint density at radius 1 is 1.45 bits per heavy atom. The number of methoxy groups -OCH3 is 1. The molecule has 2 rings (SSSR count). The second kappa shape index (κ2) is 7.29. The van der Waals surface area contributed by atoms with Crippen LogP contribution in [0.3, 0.4) is 0 Å². The summed E-state index contributed by atoms with van der Waals surface area (Å²) in [6, 6.07) is 8.39. The molecule has 0 aliphatic carbocycles. The lowest BCUT2D eigenvalue weighted by Gasteiger charge is -2.21. The van der Waals surface area contributed by atoms with E-state index in [2.05, 4.69) is 53.3 Å². The average Bonchev–Trinajstić information content (AvgIpc) is 2.89. The number of benzene rings is 1. The van der Waals surface area contributed by atoms with E-state index in [4.69, 9.17) is 4.74 Å². The number of rotatable bonds is 3. The molecule has 0 bridgehead atoms. The van der Waals surface area contributed by atoms with Crippen molar-refractivity contribution < 1.29 is 9.53 Å². The number of esters is 1. The fourth-order valence-electron chi connectivity index (χ4n) is 2.93. The largest absolute Gasteiger partial charge is 0.469 e. The lowest BCUT2D eigenvalue weighted by atomic mass is 9.99. The molecule has 2 atom stereocenters. The number of aryl methyl sites for hydroxylation is 1. The Morgan fingerprint density at radius 2 is 2.23 bits per heavy atom. The number of likely N-dealkylation sites (tertiary alicyclic amines) is 1. The van der Waals surface area contributed by atoms with Crippen molar-refractivity contribution in [3.63, 3.8) is 0 Å². The number of guanidine groups is 1. The molecule has 1 heterocycles. The molecule has 1 saturated heterocycles. The third kappa shape index (κ3) is 3.78. The smallest absolute Gasteiger partial charge is 0.310 e. The maximum absolute atomic E-state index is 11.8. The maximum Gasteiger partial charge on any atom is 0.310 e. The van der Waals surface area contributed by atoms with E-state index in [9.17, 15) is 4.79 Å². The fraction of sp³-hybridized carbons (Fsp3) is 0.529. The van der Waals surface area contributed by atoms with Crippen LogP contribution in [0.25, 0.3) is 0 Å². The van der Waals surface area contributed by atoms with Crippen LogP contribution in [0.2, 0.25) is 0 Å². The molecule has 5 heteroatoms. The summed E-state index contributed by atoms with van der Waals surface area (Å²) < 4.78 is 4.88. The highest BCUT2D eigenvalue weighted by molar-refractivity contribution is 5.82. The Balaban J connectivity index is 1.97. The number of ether oxygens (including phenoxy) is 1. The molecule has 0 saturated carbocycles. The number of hydrogen-bond acceptors (Lipinski definition) is 3. The van der Waals surface area contributed by atoms with E-state index in [1.807, 2.05) is 0 Å². The summed E-state index contributed by atoms with van der Waals surface area (Å²) in [5.41, 5.74) is 2.47. The minimum atomic E-state index is -0.135. The summed E-state index contributed by atoms with van der Waals surface area (Å²) in [4.78, 5) is 18.3. The molecule has 0 amide bonds. The van der Waals surface area contributed by atoms with Gasteiger partial charge in [-0.3, -0.25) is 9.79 Å². The Morgan fingerprint density at radius 3 is 2.86 bits per heavy atom. The van der Waals surface area contributed by atoms with Gasteiger partial charge < -0.3 is 15.0 Å². The van der Waals surface area contributed by atoms with Crippen molar-refractivity contribution in [3.05, 3.63) is 35.4 Å². The number of carbonyl (C=O) groups excluding carboxylic acids is 1. The molecule has 5 nitrogen and oxygen atoms in total. The number of nitrogens with zero attached hydrogens (tertiary/aromatic N) is 2. The van der Waals surface area contributed by atoms with E-state index < -0.39 is 0 Å². The molecule has 0 spiro atoms. The van der Waals surface area contributed by atoms with Crippen LogP contribution in [-0.2, 0) is 16.1 Å². The molecule has 1 fully saturated rings. The summed E-state index contributed by atoms with van der Waals surface area (Å²) in [7, 11) is 3.22. The zero-order chi connectivity index (χ0) is 16.1. The van der Waals surface area contributed by atoms with Crippen LogP contribution >= 0.6 is 0 Å². The van der Waals surface area contributed by atoms with E-state index in [0.29, 0.717) is 6.54 Å². The Bertz CT molecular complexity index is 557. The van der Waals surface area contributed by atoms with Crippen LogP contribution in [0.1, 0.15) is 18.1 Å². The topological polar surface area (TPSA) is 53.9 Å². The first-order chi connectivity index (χ1) is 10.5. The van der Waals surface area contributed by atoms with E-state index in [-0.39, 0.29) is 17.8 Å². The van der Waals surface area contributed by atoms with Gasteiger partial charge in [0.2, 0.25) is 0 Å². The van der Waals surface area contributed by atoms with Crippen LogP contribution in [0.5, 0.6) is 0 Å². The normalized spacial score (nSPS) is 21.8. The van der Waals surface area contributed by atoms with Gasteiger partial charge in [0.25, 0.3) is 0 Å². The number of carbonyl (C=O) groups is 1. The first-order valence-electron chi connectivity index (χ1n) is 7.64. The number of nitrogens with one attached hydrogen (secondary N) is 1. The summed E-state index contributed by atoms with van der Waals surface area (Å²) in [5.74, 6) is 0.886. The lowest BCUT2D eigenvalue weighted by molar-refractivity contribution is -0.145. The highest BCUT2D eigenvalue weighted by atomic mass is 16.5. The van der Waals surface area contributed by atoms with Gasteiger partial charge in [0.15, 0.2) is 5.96 Å². The fourth-order valence-corrected chi connectivity index (χ4v) is 2.93. The van der Waals surface area contributed by atoms with Gasteiger partial charge in [-0.25, -0.2) is 0 Å². The second-order valence-electron chi connectivity index (χ2n) is 5.90. The van der Waals surface area contributed by atoms with Gasteiger partial charge >= 0.3 is 5.97 Å². The lowest BCUT2D eigenvalue weighted by Crippen LogP contribution is -2.40. The SMILES string of the molecule is CN=C(NCc1cccc(C)c1)N1CC(C)C(C(=O)OC)C1. The Labute approximate surface area is 132 Å². The van der Waals surface area contributed by atoms with Gasteiger partial charge in [0.1, 0.15) is 0 Å². The molecule has 2 unspecified atom stereocenters. The van der Waals surface area contributed by atoms with Gasteiger partial charge in [0, 0.05) is 26.7 Å². The van der Waals surface area contributed by atoms with Gasteiger partial charge in [-0.15, -0.1) is 0 Å². The molecular formula is C17H25N3O2. The zero-order valence-corrected chi connectivity index (χ0v) is 13.8. The number of aliphatic imine (C=N–C) groups is 1. The minimum Gasteiger partial charge on any atom is -0.469 e. The van der Waals surface area contributed by atoms with Crippen molar-refractivity contribution in [2.75, 3.05) is 27.2 Å². The van der Waals surface area contributed by atoms with Crippen molar-refractivity contribution in [1.82, 2.24) is 10.2 Å². The van der Waals surface area contributed by atoms with Crippen molar-refractivity contribution in [3.8, 4) is 0 Å². The molecule has 1 aliphatic rings. The summed E-state index contributed by atoms with van der Waals surface area (Å²) >= 11 is 0. The van der Waals surface area contributed by atoms with Crippen LogP contribution in [0.15, 0.2) is 29.3 Å². The molecular weight excluding hydrogens is 278 g/mol. The van der Waals surface area contributed by atoms with Crippen LogP contribution in [-0.4, -0.2) is 44.1 Å². The molecule has 1 N–H and O–H groups in total. The monoisotopic (exact) mass is 303 g/mol. The molecule has 0 radical (unpaired) electrons. The minimum absolute atomic E-state index is 0.0810. The number of hydrogen-bond donors (Lipinski definition) is 1. The van der Waals surface area contributed by atoms with Crippen molar-refractivity contribution in [1.29, 1.82) is 0 Å². The molecule has 1 aromatic rings. The van der Waals surface area contributed by atoms with Gasteiger partial charge in [-0.1, -0.05) is 36.8 Å². The quantitative estimate of drug-likeness (QED) is 0.526. The summed E-state index contributed by atoms with van der Waals surface area (Å²) in [5, 5.41) is 3.38. The molecule has 1 aliphatic heterocycles. The van der Waals surface area contributed by atoms with Crippen molar-refractivity contribution in [2.24, 2.45) is 16.8 Å². The van der Waals surface area contributed by atoms with E-state index >= 15 is 0 Å². The van der Waals surface area contributed by atoms with Gasteiger partial charge in [0.05, 0.1) is 13.0 Å². The molecule has 1 aromatic carbocycles. The summed E-state index contributed by atoms with van der Waals surface area (Å²) in [6.07, 6.45) is 0. The first-order valence-corrected chi connectivity index (χ1v) is 7.64. The van der Waals surface area contributed by atoms with Gasteiger partial charge in [-0.2, -0.15) is 0 Å². The molecule has 120 valence electrons. The Hall–Kier alpha value is -2.04. The highest BCUT2D eigenvalue weighted by Gasteiger charge is 2.36. The van der Waals surface area contributed by atoms with Gasteiger partial charge in [-0.05, 0) is 18.4 Å². The Kier molecular flexibility index (Phi) is 5.41. The van der Waals surface area contributed by atoms with E-state index in [1.54, 1.807) is 7.05 Å². The first kappa shape index (κ1) is 16.3. The van der Waals surface area contributed by atoms with Crippen molar-refractivity contribution >= 4 is 11.9 Å². The predicted octanol–water partition coefficient (Wildman–Crippen LogP) is 1.81. The van der Waals surface area contributed by atoms with Crippen LogP contribution < -0.4 is 5.32 Å². The average molecular weight is 303 g/mol.